The third-order valence-electron chi connectivity index (χ3n) is 1.92. The first-order valence-electron chi connectivity index (χ1n) is 4.16. The zero-order valence-corrected chi connectivity index (χ0v) is 7.57. The largest absolute Gasteiger partial charge is 0.502 e. The highest BCUT2D eigenvalue weighted by molar-refractivity contribution is 5.51. The average Bonchev–Trinajstić information content (AvgIpc) is 2.69. The molecule has 0 fully saturated rings. The van der Waals surface area contributed by atoms with E-state index in [-0.39, 0.29) is 11.4 Å². The average molecular weight is 205 g/mol. The molecule has 1 aromatic carbocycles. The van der Waals surface area contributed by atoms with Gasteiger partial charge in [0.1, 0.15) is 0 Å². The van der Waals surface area contributed by atoms with Crippen molar-refractivity contribution in [1.29, 1.82) is 0 Å². The molecule has 0 atom stereocenters. The Morgan fingerprint density at radius 1 is 1.47 bits per heavy atom. The lowest BCUT2D eigenvalue weighted by molar-refractivity contribution is -0.385. The van der Waals surface area contributed by atoms with E-state index < -0.39 is 4.92 Å². The molecule has 0 unspecified atom stereocenters. The van der Waals surface area contributed by atoms with Crippen LogP contribution in [-0.4, -0.2) is 19.8 Å². The number of rotatable bonds is 2. The van der Waals surface area contributed by atoms with E-state index in [2.05, 4.69) is 5.10 Å². The van der Waals surface area contributed by atoms with Crippen molar-refractivity contribution in [2.45, 2.75) is 0 Å². The molecular weight excluding hydrogens is 198 g/mol. The van der Waals surface area contributed by atoms with Crippen molar-refractivity contribution in [2.75, 3.05) is 0 Å². The van der Waals surface area contributed by atoms with Crippen molar-refractivity contribution < 1.29 is 10.0 Å². The molecule has 2 rings (SSSR count). The van der Waals surface area contributed by atoms with E-state index in [4.69, 9.17) is 0 Å². The van der Waals surface area contributed by atoms with Gasteiger partial charge < -0.3 is 5.11 Å². The Hall–Kier alpha value is -2.37. The lowest BCUT2D eigenvalue weighted by Gasteiger charge is -2.01. The fourth-order valence-corrected chi connectivity index (χ4v) is 1.23. The highest BCUT2D eigenvalue weighted by Crippen LogP contribution is 2.27. The normalized spacial score (nSPS) is 10.1. The van der Waals surface area contributed by atoms with E-state index in [0.717, 1.165) is 0 Å². The Labute approximate surface area is 84.5 Å². The van der Waals surface area contributed by atoms with Crippen LogP contribution in [0.3, 0.4) is 0 Å². The van der Waals surface area contributed by atoms with E-state index in [1.807, 2.05) is 0 Å². The van der Waals surface area contributed by atoms with Crippen LogP contribution in [0.2, 0.25) is 0 Å². The first-order chi connectivity index (χ1) is 7.18. The first-order valence-corrected chi connectivity index (χ1v) is 4.16. The van der Waals surface area contributed by atoms with Gasteiger partial charge in [-0.25, -0.2) is 4.68 Å². The topological polar surface area (TPSA) is 81.2 Å². The summed E-state index contributed by atoms with van der Waals surface area (Å²) in [7, 11) is 0. The van der Waals surface area contributed by atoms with Gasteiger partial charge in [-0.05, 0) is 12.1 Å². The van der Waals surface area contributed by atoms with Gasteiger partial charge in [-0.2, -0.15) is 5.10 Å². The smallest absolute Gasteiger partial charge is 0.310 e. The molecule has 6 heteroatoms. The molecular formula is C9H7N3O3. The Morgan fingerprint density at radius 2 is 2.27 bits per heavy atom. The molecule has 0 aliphatic heterocycles. The molecule has 1 N–H and O–H groups in total. The van der Waals surface area contributed by atoms with Gasteiger partial charge in [0.15, 0.2) is 5.75 Å². The van der Waals surface area contributed by atoms with E-state index >= 15 is 0 Å². The molecule has 0 aliphatic carbocycles. The van der Waals surface area contributed by atoms with Gasteiger partial charge in [0.2, 0.25) is 0 Å². The van der Waals surface area contributed by atoms with Crippen molar-refractivity contribution in [2.24, 2.45) is 0 Å². The van der Waals surface area contributed by atoms with Crippen LogP contribution in [0.4, 0.5) is 5.69 Å². The molecule has 76 valence electrons. The van der Waals surface area contributed by atoms with Gasteiger partial charge in [0.25, 0.3) is 0 Å². The van der Waals surface area contributed by atoms with Crippen LogP contribution < -0.4 is 0 Å². The van der Waals surface area contributed by atoms with Crippen LogP contribution in [0.25, 0.3) is 5.69 Å². The van der Waals surface area contributed by atoms with Gasteiger partial charge in [-0.1, -0.05) is 0 Å². The number of nitro groups is 1. The van der Waals surface area contributed by atoms with Gasteiger partial charge in [0, 0.05) is 24.5 Å². The predicted molar refractivity (Wildman–Crippen MR) is 51.9 cm³/mol. The minimum Gasteiger partial charge on any atom is -0.502 e. The molecule has 0 radical (unpaired) electrons. The summed E-state index contributed by atoms with van der Waals surface area (Å²) >= 11 is 0. The summed E-state index contributed by atoms with van der Waals surface area (Å²) in [6.07, 6.45) is 3.26. The number of hydrogen-bond acceptors (Lipinski definition) is 4. The highest BCUT2D eigenvalue weighted by Gasteiger charge is 2.13. The molecule has 0 saturated heterocycles. The second-order valence-electron chi connectivity index (χ2n) is 2.88. The fraction of sp³-hybridized carbons (Fsp3) is 0. The maximum atomic E-state index is 10.4. The summed E-state index contributed by atoms with van der Waals surface area (Å²) in [5.74, 6) is -0.368. The summed E-state index contributed by atoms with van der Waals surface area (Å²) in [6, 6.07) is 5.78. The number of phenolic OH excluding ortho intramolecular Hbond substituents is 1. The summed E-state index contributed by atoms with van der Waals surface area (Å²) < 4.78 is 1.50. The van der Waals surface area contributed by atoms with Crippen molar-refractivity contribution in [3.8, 4) is 11.4 Å². The number of aromatic hydroxyl groups is 1. The van der Waals surface area contributed by atoms with Crippen molar-refractivity contribution >= 4 is 5.69 Å². The van der Waals surface area contributed by atoms with Gasteiger partial charge in [-0.15, -0.1) is 0 Å². The highest BCUT2D eigenvalue weighted by atomic mass is 16.6. The van der Waals surface area contributed by atoms with Crippen LogP contribution in [0.5, 0.6) is 5.75 Å². The number of benzene rings is 1. The lowest BCUT2D eigenvalue weighted by atomic mass is 10.2. The second-order valence-corrected chi connectivity index (χ2v) is 2.88. The summed E-state index contributed by atoms with van der Waals surface area (Å²) in [5.41, 5.74) is 0.258. The molecule has 15 heavy (non-hydrogen) atoms. The van der Waals surface area contributed by atoms with Crippen molar-refractivity contribution in [3.05, 3.63) is 46.8 Å². The van der Waals surface area contributed by atoms with Crippen LogP contribution in [0.1, 0.15) is 0 Å². The molecule has 0 saturated carbocycles. The van der Waals surface area contributed by atoms with Crippen LogP contribution >= 0.6 is 0 Å². The van der Waals surface area contributed by atoms with Gasteiger partial charge in [-0.3, -0.25) is 10.1 Å². The minimum absolute atomic E-state index is 0.314. The number of nitrogens with zero attached hydrogens (tertiary/aromatic N) is 3. The number of phenols is 1. The van der Waals surface area contributed by atoms with Crippen molar-refractivity contribution in [1.82, 2.24) is 9.78 Å². The monoisotopic (exact) mass is 205 g/mol. The third-order valence-corrected chi connectivity index (χ3v) is 1.92. The Balaban J connectivity index is 2.47. The number of hydrogen-bond donors (Lipinski definition) is 1. The van der Waals surface area contributed by atoms with E-state index in [1.54, 1.807) is 18.5 Å². The molecule has 0 aliphatic rings. The second kappa shape index (κ2) is 3.41. The van der Waals surface area contributed by atoms with Gasteiger partial charge in [0.05, 0.1) is 10.6 Å². The Bertz CT molecular complexity index is 493. The molecule has 0 amide bonds. The molecule has 0 spiro atoms. The van der Waals surface area contributed by atoms with E-state index in [9.17, 15) is 15.2 Å². The maximum absolute atomic E-state index is 10.4. The SMILES string of the molecule is O=[N+]([O-])c1ccc(-n2cccn2)cc1O. The first kappa shape index (κ1) is 9.20. The number of aromatic nitrogens is 2. The number of nitro benzene ring substituents is 1. The van der Waals surface area contributed by atoms with Crippen LogP contribution in [0, 0.1) is 10.1 Å². The molecule has 2 aromatic rings. The quantitative estimate of drug-likeness (QED) is 0.594. The summed E-state index contributed by atoms with van der Waals surface area (Å²) in [5, 5.41) is 23.8. The van der Waals surface area contributed by atoms with Crippen molar-refractivity contribution in [3.63, 3.8) is 0 Å². The zero-order valence-electron chi connectivity index (χ0n) is 7.57. The van der Waals surface area contributed by atoms with Crippen LogP contribution in [-0.2, 0) is 0 Å². The fourth-order valence-electron chi connectivity index (χ4n) is 1.23. The Kier molecular flexibility index (Phi) is 2.09. The standard InChI is InChI=1S/C9H7N3O3/c13-9-6-7(11-5-1-4-10-11)2-3-8(9)12(14)15/h1-6,13H. The Morgan fingerprint density at radius 3 is 2.80 bits per heavy atom. The third kappa shape index (κ3) is 1.64. The van der Waals surface area contributed by atoms with E-state index in [0.29, 0.717) is 5.69 Å². The molecule has 1 heterocycles. The lowest BCUT2D eigenvalue weighted by Crippen LogP contribution is -1.95. The van der Waals surface area contributed by atoms with Crippen LogP contribution in [0.15, 0.2) is 36.7 Å². The minimum atomic E-state index is -0.637. The molecule has 6 nitrogen and oxygen atoms in total. The van der Waals surface area contributed by atoms with E-state index in [1.165, 1.54) is 22.9 Å². The molecule has 0 bridgehead atoms. The zero-order chi connectivity index (χ0) is 10.8. The summed E-state index contributed by atoms with van der Waals surface area (Å²) in [6.45, 7) is 0. The van der Waals surface area contributed by atoms with Gasteiger partial charge >= 0.3 is 5.69 Å². The summed E-state index contributed by atoms with van der Waals surface area (Å²) in [4.78, 5) is 9.81. The molecule has 1 aromatic heterocycles. The maximum Gasteiger partial charge on any atom is 0.310 e. The predicted octanol–water partition coefficient (Wildman–Crippen LogP) is 1.49.